The third-order valence-corrected chi connectivity index (χ3v) is 4.35. The minimum absolute atomic E-state index is 0.157. The van der Waals surface area contributed by atoms with Crippen LogP contribution in [0.2, 0.25) is 0 Å². The molecule has 0 atom stereocenters. The molecule has 1 amide bonds. The first-order chi connectivity index (χ1) is 11.3. The molecule has 0 bridgehead atoms. The van der Waals surface area contributed by atoms with Gasteiger partial charge in [-0.1, -0.05) is 13.8 Å². The van der Waals surface area contributed by atoms with Crippen LogP contribution in [0.15, 0.2) is 12.1 Å². The summed E-state index contributed by atoms with van der Waals surface area (Å²) in [4.78, 5) is 18.3. The number of halogens is 3. The van der Waals surface area contributed by atoms with Gasteiger partial charge in [0.1, 0.15) is 17.2 Å². The van der Waals surface area contributed by atoms with Crippen molar-refractivity contribution in [3.8, 4) is 0 Å². The van der Waals surface area contributed by atoms with Crippen molar-refractivity contribution in [3.63, 3.8) is 0 Å². The standard InChI is InChI=1S/C17H18F3N3O/c1-9(2)16-21-12-8-23(7-6-13(12)22(16)3)17(24)14-10(18)4-5-11(19)15(14)20/h4-5,9H,6-8H2,1-3H3. The van der Waals surface area contributed by atoms with E-state index in [0.29, 0.717) is 19.0 Å². The number of hydrogen-bond acceptors (Lipinski definition) is 2. The number of amides is 1. The highest BCUT2D eigenvalue weighted by molar-refractivity contribution is 5.94. The van der Waals surface area contributed by atoms with Crippen molar-refractivity contribution < 1.29 is 18.0 Å². The predicted octanol–water partition coefficient (Wildman–Crippen LogP) is 3.16. The summed E-state index contributed by atoms with van der Waals surface area (Å²) in [5.41, 5.74) is 0.888. The molecule has 0 radical (unpaired) electrons. The van der Waals surface area contributed by atoms with Gasteiger partial charge in [0.2, 0.25) is 0 Å². The van der Waals surface area contributed by atoms with Crippen LogP contribution >= 0.6 is 0 Å². The van der Waals surface area contributed by atoms with E-state index in [4.69, 9.17) is 0 Å². The number of aromatic nitrogens is 2. The predicted molar refractivity (Wildman–Crippen MR) is 82.1 cm³/mol. The minimum Gasteiger partial charge on any atom is -0.334 e. The van der Waals surface area contributed by atoms with E-state index < -0.39 is 28.9 Å². The smallest absolute Gasteiger partial charge is 0.260 e. The Hall–Kier alpha value is -2.31. The second-order valence-electron chi connectivity index (χ2n) is 6.27. The molecule has 1 aliphatic rings. The Balaban J connectivity index is 1.92. The minimum atomic E-state index is -1.45. The Labute approximate surface area is 137 Å². The number of benzene rings is 1. The molecule has 0 N–H and O–H groups in total. The van der Waals surface area contributed by atoms with E-state index in [9.17, 15) is 18.0 Å². The van der Waals surface area contributed by atoms with Crippen LogP contribution in [-0.4, -0.2) is 26.9 Å². The molecule has 2 aromatic rings. The molecule has 128 valence electrons. The van der Waals surface area contributed by atoms with Crippen molar-refractivity contribution >= 4 is 5.91 Å². The maximum absolute atomic E-state index is 13.9. The molecule has 1 aliphatic heterocycles. The zero-order valence-corrected chi connectivity index (χ0v) is 13.7. The average Bonchev–Trinajstić information content (AvgIpc) is 2.88. The average molecular weight is 337 g/mol. The molecule has 1 aromatic heterocycles. The van der Waals surface area contributed by atoms with Crippen molar-refractivity contribution in [2.45, 2.75) is 32.7 Å². The van der Waals surface area contributed by atoms with Gasteiger partial charge in [0.15, 0.2) is 11.6 Å². The summed E-state index contributed by atoms with van der Waals surface area (Å²) in [6, 6.07) is 1.43. The van der Waals surface area contributed by atoms with Gasteiger partial charge in [-0.2, -0.15) is 0 Å². The van der Waals surface area contributed by atoms with Gasteiger partial charge in [-0.15, -0.1) is 0 Å². The van der Waals surface area contributed by atoms with E-state index >= 15 is 0 Å². The molecule has 0 aliphatic carbocycles. The molecule has 0 unspecified atom stereocenters. The molecule has 0 saturated carbocycles. The van der Waals surface area contributed by atoms with Crippen LogP contribution in [0.4, 0.5) is 13.2 Å². The lowest BCUT2D eigenvalue weighted by atomic mass is 10.1. The molecule has 2 heterocycles. The van der Waals surface area contributed by atoms with Gasteiger partial charge < -0.3 is 9.47 Å². The van der Waals surface area contributed by atoms with Crippen molar-refractivity contribution in [2.24, 2.45) is 7.05 Å². The van der Waals surface area contributed by atoms with Gasteiger partial charge in [-0.3, -0.25) is 4.79 Å². The molecule has 1 aromatic carbocycles. The topological polar surface area (TPSA) is 38.1 Å². The Morgan fingerprint density at radius 1 is 1.21 bits per heavy atom. The van der Waals surface area contributed by atoms with Crippen LogP contribution in [0.3, 0.4) is 0 Å². The van der Waals surface area contributed by atoms with Gasteiger partial charge in [0.25, 0.3) is 5.91 Å². The summed E-state index contributed by atoms with van der Waals surface area (Å²) in [6.07, 6.45) is 0.538. The number of hydrogen-bond donors (Lipinski definition) is 0. The third-order valence-electron chi connectivity index (χ3n) is 4.35. The van der Waals surface area contributed by atoms with Crippen LogP contribution < -0.4 is 0 Å². The van der Waals surface area contributed by atoms with Gasteiger partial charge in [0, 0.05) is 31.6 Å². The third kappa shape index (κ3) is 2.57. The molecule has 0 saturated heterocycles. The summed E-state index contributed by atoms with van der Waals surface area (Å²) in [5, 5.41) is 0. The summed E-state index contributed by atoms with van der Waals surface area (Å²) < 4.78 is 43.0. The first kappa shape index (κ1) is 16.5. The first-order valence-electron chi connectivity index (χ1n) is 7.78. The molecule has 4 nitrogen and oxygen atoms in total. The molecule has 0 fully saturated rings. The van der Waals surface area contributed by atoms with Crippen molar-refractivity contribution in [1.82, 2.24) is 14.5 Å². The number of carbonyl (C=O) groups excluding carboxylic acids is 1. The molecular formula is C17H18F3N3O. The summed E-state index contributed by atoms with van der Waals surface area (Å²) >= 11 is 0. The van der Waals surface area contributed by atoms with Gasteiger partial charge in [0.05, 0.1) is 12.2 Å². The van der Waals surface area contributed by atoms with Crippen LogP contribution in [0.1, 0.15) is 47.3 Å². The lowest BCUT2D eigenvalue weighted by Gasteiger charge is -2.27. The number of nitrogens with zero attached hydrogens (tertiary/aromatic N) is 3. The van der Waals surface area contributed by atoms with E-state index in [-0.39, 0.29) is 12.5 Å². The van der Waals surface area contributed by atoms with Crippen LogP contribution in [0, 0.1) is 17.5 Å². The number of imidazole rings is 1. The van der Waals surface area contributed by atoms with Crippen LogP contribution in [-0.2, 0) is 20.0 Å². The van der Waals surface area contributed by atoms with Crippen molar-refractivity contribution in [1.29, 1.82) is 0 Å². The lowest BCUT2D eigenvalue weighted by molar-refractivity contribution is 0.0720. The maximum atomic E-state index is 13.9. The monoisotopic (exact) mass is 337 g/mol. The van der Waals surface area contributed by atoms with Crippen LogP contribution in [0.25, 0.3) is 0 Å². The second kappa shape index (κ2) is 5.96. The van der Waals surface area contributed by atoms with E-state index in [2.05, 4.69) is 4.98 Å². The maximum Gasteiger partial charge on any atom is 0.260 e. The molecule has 7 heteroatoms. The number of fused-ring (bicyclic) bond motifs is 1. The van der Waals surface area contributed by atoms with E-state index in [0.717, 1.165) is 23.3 Å². The summed E-state index contributed by atoms with van der Waals surface area (Å²) in [6.45, 7) is 4.50. The highest BCUT2D eigenvalue weighted by Crippen LogP contribution is 2.25. The Morgan fingerprint density at radius 3 is 2.54 bits per heavy atom. The van der Waals surface area contributed by atoms with Crippen LogP contribution in [0.5, 0.6) is 0 Å². The Bertz CT molecular complexity index is 814. The fourth-order valence-electron chi connectivity index (χ4n) is 3.12. The van der Waals surface area contributed by atoms with E-state index in [1.165, 1.54) is 4.90 Å². The van der Waals surface area contributed by atoms with Crippen molar-refractivity contribution in [2.75, 3.05) is 6.54 Å². The number of carbonyl (C=O) groups is 1. The highest BCUT2D eigenvalue weighted by Gasteiger charge is 2.30. The SMILES string of the molecule is CC(C)c1nc2c(n1C)CCN(C(=O)c1c(F)ccc(F)c1F)C2. The van der Waals surface area contributed by atoms with Crippen molar-refractivity contribution in [3.05, 3.63) is 52.4 Å². The molecular weight excluding hydrogens is 319 g/mol. The van der Waals surface area contributed by atoms with E-state index in [1.54, 1.807) is 0 Å². The second-order valence-corrected chi connectivity index (χ2v) is 6.27. The normalized spacial score (nSPS) is 14.2. The quantitative estimate of drug-likeness (QED) is 0.790. The van der Waals surface area contributed by atoms with Gasteiger partial charge >= 0.3 is 0 Å². The zero-order chi connectivity index (χ0) is 17.6. The molecule has 0 spiro atoms. The number of rotatable bonds is 2. The largest absolute Gasteiger partial charge is 0.334 e. The molecule has 3 rings (SSSR count). The lowest BCUT2D eigenvalue weighted by Crippen LogP contribution is -2.37. The molecule has 24 heavy (non-hydrogen) atoms. The first-order valence-corrected chi connectivity index (χ1v) is 7.78. The zero-order valence-electron chi connectivity index (χ0n) is 13.7. The van der Waals surface area contributed by atoms with Gasteiger partial charge in [-0.05, 0) is 12.1 Å². The fraction of sp³-hybridized carbons (Fsp3) is 0.412. The Kier molecular flexibility index (Phi) is 4.11. The van der Waals surface area contributed by atoms with E-state index in [1.807, 2.05) is 25.5 Å². The highest BCUT2D eigenvalue weighted by atomic mass is 19.2. The Morgan fingerprint density at radius 2 is 1.88 bits per heavy atom. The summed E-state index contributed by atoms with van der Waals surface area (Å²) in [5.74, 6) is -3.48. The fourth-order valence-corrected chi connectivity index (χ4v) is 3.12. The summed E-state index contributed by atoms with van der Waals surface area (Å²) in [7, 11) is 1.92. The van der Waals surface area contributed by atoms with Gasteiger partial charge in [-0.25, -0.2) is 18.2 Å².